The molecule has 0 aliphatic rings. The molecule has 0 spiro atoms. The summed E-state index contributed by atoms with van der Waals surface area (Å²) in [4.78, 5) is 8.67. The van der Waals surface area contributed by atoms with E-state index in [0.717, 1.165) is 30.9 Å². The second-order valence-corrected chi connectivity index (χ2v) is 3.86. The van der Waals surface area contributed by atoms with Gasteiger partial charge in [-0.05, 0) is 12.8 Å². The molecule has 0 aliphatic carbocycles. The molecule has 17 heavy (non-hydrogen) atoms. The summed E-state index contributed by atoms with van der Waals surface area (Å²) in [6.07, 6.45) is 7.60. The molecule has 0 amide bonds. The normalized spacial score (nSPS) is 10.7. The number of nitrogens with one attached hydrogen (secondary N) is 1. The van der Waals surface area contributed by atoms with Crippen LogP contribution in [0.4, 0.5) is 5.82 Å². The van der Waals surface area contributed by atoms with Crippen molar-refractivity contribution in [3.05, 3.63) is 18.6 Å². The predicted molar refractivity (Wildman–Crippen MR) is 67.6 cm³/mol. The fourth-order valence-electron chi connectivity index (χ4n) is 1.54. The van der Waals surface area contributed by atoms with Crippen LogP contribution in [0.2, 0.25) is 0 Å². The van der Waals surface area contributed by atoms with Crippen LogP contribution in [0.3, 0.4) is 0 Å². The zero-order chi connectivity index (χ0) is 12.1. The smallest absolute Gasteiger partial charge is 0.260 e. The molecule has 2 aromatic rings. The van der Waals surface area contributed by atoms with E-state index >= 15 is 0 Å². The average Bonchev–Trinajstić information content (AvgIpc) is 2.81. The fourth-order valence-corrected chi connectivity index (χ4v) is 1.54. The third-order valence-corrected chi connectivity index (χ3v) is 2.34. The molecule has 0 saturated heterocycles. The molecule has 5 nitrogen and oxygen atoms in total. The molecular formula is C12H18N4O. The highest BCUT2D eigenvalue weighted by Crippen LogP contribution is 2.18. The van der Waals surface area contributed by atoms with Crippen LogP contribution in [0.5, 0.6) is 5.88 Å². The van der Waals surface area contributed by atoms with Gasteiger partial charge in [0.2, 0.25) is 5.65 Å². The van der Waals surface area contributed by atoms with Gasteiger partial charge in [-0.3, -0.25) is 4.40 Å². The summed E-state index contributed by atoms with van der Waals surface area (Å²) >= 11 is 0. The first-order chi connectivity index (χ1) is 8.35. The first-order valence-corrected chi connectivity index (χ1v) is 6.05. The standard InChI is InChI=1S/C12H18N4O/c1-3-5-13-10-9-16-7-6-14-11(16)12(15-10)17-8-4-2/h6-7,9,13H,3-5,8H2,1-2H3. The molecule has 5 heteroatoms. The molecule has 92 valence electrons. The Labute approximate surface area is 101 Å². The van der Waals surface area contributed by atoms with Crippen LogP contribution >= 0.6 is 0 Å². The van der Waals surface area contributed by atoms with Crippen molar-refractivity contribution in [2.24, 2.45) is 0 Å². The second-order valence-electron chi connectivity index (χ2n) is 3.86. The lowest BCUT2D eigenvalue weighted by atomic mass is 10.5. The number of nitrogens with zero attached hydrogens (tertiary/aromatic N) is 3. The van der Waals surface area contributed by atoms with E-state index in [1.165, 1.54) is 0 Å². The Kier molecular flexibility index (Phi) is 3.80. The minimum atomic E-state index is 0.595. The Bertz CT molecular complexity index is 480. The van der Waals surface area contributed by atoms with Gasteiger partial charge in [0.1, 0.15) is 5.82 Å². The second kappa shape index (κ2) is 5.52. The molecule has 2 rings (SSSR count). The van der Waals surface area contributed by atoms with Gasteiger partial charge in [0.25, 0.3) is 5.88 Å². The summed E-state index contributed by atoms with van der Waals surface area (Å²) in [5, 5.41) is 3.25. The third-order valence-electron chi connectivity index (χ3n) is 2.34. The minimum absolute atomic E-state index is 0.595. The highest BCUT2D eigenvalue weighted by molar-refractivity contribution is 5.53. The number of ether oxygens (including phenoxy) is 1. The van der Waals surface area contributed by atoms with Gasteiger partial charge in [-0.25, -0.2) is 4.98 Å². The van der Waals surface area contributed by atoms with E-state index < -0.39 is 0 Å². The van der Waals surface area contributed by atoms with Gasteiger partial charge in [-0.15, -0.1) is 0 Å². The molecular weight excluding hydrogens is 216 g/mol. The van der Waals surface area contributed by atoms with E-state index in [4.69, 9.17) is 4.74 Å². The zero-order valence-corrected chi connectivity index (χ0v) is 10.3. The number of imidazole rings is 1. The number of aromatic nitrogens is 3. The molecule has 0 aromatic carbocycles. The summed E-state index contributed by atoms with van der Waals surface area (Å²) in [7, 11) is 0. The zero-order valence-electron chi connectivity index (χ0n) is 10.3. The number of anilines is 1. The summed E-state index contributed by atoms with van der Waals surface area (Å²) in [5.41, 5.74) is 0.764. The Hall–Kier alpha value is -1.78. The maximum absolute atomic E-state index is 5.61. The van der Waals surface area contributed by atoms with E-state index in [0.29, 0.717) is 12.5 Å². The minimum Gasteiger partial charge on any atom is -0.475 e. The number of fused-ring (bicyclic) bond motifs is 1. The topological polar surface area (TPSA) is 51.5 Å². The Morgan fingerprint density at radius 2 is 2.24 bits per heavy atom. The number of hydrogen-bond donors (Lipinski definition) is 1. The van der Waals surface area contributed by atoms with Crippen molar-refractivity contribution in [1.29, 1.82) is 0 Å². The Morgan fingerprint density at radius 1 is 1.35 bits per heavy atom. The van der Waals surface area contributed by atoms with Crippen molar-refractivity contribution in [3.63, 3.8) is 0 Å². The fraction of sp³-hybridized carbons (Fsp3) is 0.500. The summed E-state index contributed by atoms with van der Waals surface area (Å²) in [6.45, 7) is 5.76. The average molecular weight is 234 g/mol. The number of rotatable bonds is 6. The third kappa shape index (κ3) is 2.67. The van der Waals surface area contributed by atoms with Gasteiger partial charge in [0.15, 0.2) is 0 Å². The number of hydrogen-bond acceptors (Lipinski definition) is 4. The van der Waals surface area contributed by atoms with Crippen molar-refractivity contribution in [2.75, 3.05) is 18.5 Å². The van der Waals surface area contributed by atoms with E-state index in [2.05, 4.69) is 29.1 Å². The maximum Gasteiger partial charge on any atom is 0.260 e. The molecule has 0 aliphatic heterocycles. The molecule has 0 unspecified atom stereocenters. The van der Waals surface area contributed by atoms with Crippen molar-refractivity contribution >= 4 is 11.5 Å². The SMILES string of the molecule is CCCNc1cn2ccnc2c(OCCC)n1. The van der Waals surface area contributed by atoms with Crippen LogP contribution in [-0.4, -0.2) is 27.5 Å². The summed E-state index contributed by atoms with van der Waals surface area (Å²) in [5.74, 6) is 1.42. The van der Waals surface area contributed by atoms with Crippen molar-refractivity contribution in [2.45, 2.75) is 26.7 Å². The Balaban J connectivity index is 2.29. The first kappa shape index (κ1) is 11.7. The maximum atomic E-state index is 5.61. The van der Waals surface area contributed by atoms with Crippen molar-refractivity contribution in [1.82, 2.24) is 14.4 Å². The molecule has 2 heterocycles. The van der Waals surface area contributed by atoms with Crippen LogP contribution in [0.1, 0.15) is 26.7 Å². The molecule has 0 fully saturated rings. The lowest BCUT2D eigenvalue weighted by molar-refractivity contribution is 0.307. The van der Waals surface area contributed by atoms with Gasteiger partial charge in [0, 0.05) is 18.9 Å². The van der Waals surface area contributed by atoms with Crippen molar-refractivity contribution in [3.8, 4) is 5.88 Å². The largest absolute Gasteiger partial charge is 0.475 e. The lowest BCUT2D eigenvalue weighted by Crippen LogP contribution is -2.06. The molecule has 1 N–H and O–H groups in total. The highest BCUT2D eigenvalue weighted by atomic mass is 16.5. The van der Waals surface area contributed by atoms with Gasteiger partial charge in [-0.1, -0.05) is 13.8 Å². The van der Waals surface area contributed by atoms with Gasteiger partial charge < -0.3 is 10.1 Å². The van der Waals surface area contributed by atoms with E-state index in [-0.39, 0.29) is 0 Å². The van der Waals surface area contributed by atoms with Gasteiger partial charge >= 0.3 is 0 Å². The lowest BCUT2D eigenvalue weighted by Gasteiger charge is -2.09. The molecule has 0 bridgehead atoms. The molecule has 0 atom stereocenters. The molecule has 2 aromatic heterocycles. The van der Waals surface area contributed by atoms with Crippen LogP contribution in [0.25, 0.3) is 5.65 Å². The van der Waals surface area contributed by atoms with Crippen molar-refractivity contribution < 1.29 is 4.74 Å². The highest BCUT2D eigenvalue weighted by Gasteiger charge is 2.07. The van der Waals surface area contributed by atoms with Crippen LogP contribution < -0.4 is 10.1 Å². The molecule has 0 saturated carbocycles. The first-order valence-electron chi connectivity index (χ1n) is 6.05. The van der Waals surface area contributed by atoms with Gasteiger partial charge in [-0.2, -0.15) is 4.98 Å². The van der Waals surface area contributed by atoms with Crippen LogP contribution in [-0.2, 0) is 0 Å². The van der Waals surface area contributed by atoms with Crippen LogP contribution in [0.15, 0.2) is 18.6 Å². The summed E-state index contributed by atoms with van der Waals surface area (Å²) < 4.78 is 7.54. The van der Waals surface area contributed by atoms with Crippen LogP contribution in [0, 0.1) is 0 Å². The van der Waals surface area contributed by atoms with Gasteiger partial charge in [0.05, 0.1) is 12.8 Å². The predicted octanol–water partition coefficient (Wildman–Crippen LogP) is 2.34. The van der Waals surface area contributed by atoms with E-state index in [1.807, 2.05) is 16.8 Å². The monoisotopic (exact) mass is 234 g/mol. The Morgan fingerprint density at radius 3 is 3.00 bits per heavy atom. The summed E-state index contributed by atoms with van der Waals surface area (Å²) in [6, 6.07) is 0. The quantitative estimate of drug-likeness (QED) is 0.833. The van der Waals surface area contributed by atoms with E-state index in [1.54, 1.807) is 6.20 Å². The van der Waals surface area contributed by atoms with E-state index in [9.17, 15) is 0 Å². The molecule has 0 radical (unpaired) electrons.